The van der Waals surface area contributed by atoms with Crippen LogP contribution in [0.15, 0.2) is 12.1 Å². The number of nitrogens with one attached hydrogen (secondary N) is 1. The second-order valence-corrected chi connectivity index (χ2v) is 4.84. The molecule has 18 heavy (non-hydrogen) atoms. The van der Waals surface area contributed by atoms with Crippen molar-refractivity contribution in [2.24, 2.45) is 5.92 Å². The molecule has 2 unspecified atom stereocenters. The first kappa shape index (κ1) is 13.2. The highest BCUT2D eigenvalue weighted by atomic mass is 19.1. The Bertz CT molecular complexity index is 450. The van der Waals surface area contributed by atoms with E-state index in [9.17, 15) is 9.18 Å². The first-order valence-electron chi connectivity index (χ1n) is 6.10. The Balaban J connectivity index is 2.34. The number of Topliss-reactive ketones (excluding diaryl/α,β-unsaturated/α-hetero) is 1. The van der Waals surface area contributed by atoms with Gasteiger partial charge in [0.1, 0.15) is 5.82 Å². The SMILES string of the molecule is CNC1COCC1C(=O)c1c(C)cc(C)cc1F. The maximum Gasteiger partial charge on any atom is 0.173 e. The lowest BCUT2D eigenvalue weighted by Gasteiger charge is -2.17. The number of carbonyl (C=O) groups excluding carboxylic acids is 1. The molecule has 1 aromatic carbocycles. The number of carbonyl (C=O) groups is 1. The van der Waals surface area contributed by atoms with E-state index in [1.165, 1.54) is 6.07 Å². The van der Waals surface area contributed by atoms with Crippen LogP contribution >= 0.6 is 0 Å². The Morgan fingerprint density at radius 3 is 2.72 bits per heavy atom. The molecule has 3 nitrogen and oxygen atoms in total. The molecule has 0 aromatic heterocycles. The summed E-state index contributed by atoms with van der Waals surface area (Å²) < 4.78 is 19.3. The maximum atomic E-state index is 14.0. The van der Waals surface area contributed by atoms with E-state index in [2.05, 4.69) is 5.32 Å². The van der Waals surface area contributed by atoms with Gasteiger partial charge in [0.2, 0.25) is 0 Å². The third-order valence-electron chi connectivity index (χ3n) is 3.47. The summed E-state index contributed by atoms with van der Waals surface area (Å²) in [5.74, 6) is -0.896. The van der Waals surface area contributed by atoms with Gasteiger partial charge in [-0.3, -0.25) is 4.79 Å². The largest absolute Gasteiger partial charge is 0.379 e. The van der Waals surface area contributed by atoms with Crippen molar-refractivity contribution in [2.75, 3.05) is 20.3 Å². The van der Waals surface area contributed by atoms with Crippen molar-refractivity contribution in [3.8, 4) is 0 Å². The molecule has 1 N–H and O–H groups in total. The average molecular weight is 251 g/mol. The third kappa shape index (κ3) is 2.31. The summed E-state index contributed by atoms with van der Waals surface area (Å²) in [5.41, 5.74) is 1.73. The fourth-order valence-electron chi connectivity index (χ4n) is 2.51. The van der Waals surface area contributed by atoms with Crippen molar-refractivity contribution in [3.05, 3.63) is 34.6 Å². The van der Waals surface area contributed by atoms with E-state index in [1.807, 2.05) is 13.0 Å². The van der Waals surface area contributed by atoms with E-state index in [1.54, 1.807) is 14.0 Å². The van der Waals surface area contributed by atoms with Gasteiger partial charge in [-0.1, -0.05) is 6.07 Å². The highest BCUT2D eigenvalue weighted by Crippen LogP contribution is 2.24. The van der Waals surface area contributed by atoms with E-state index in [4.69, 9.17) is 4.74 Å². The summed E-state index contributed by atoms with van der Waals surface area (Å²) in [6.07, 6.45) is 0. The van der Waals surface area contributed by atoms with Crippen LogP contribution in [0.25, 0.3) is 0 Å². The predicted molar refractivity (Wildman–Crippen MR) is 67.4 cm³/mol. The number of hydrogen-bond acceptors (Lipinski definition) is 3. The lowest BCUT2D eigenvalue weighted by Crippen LogP contribution is -2.37. The van der Waals surface area contributed by atoms with Crippen LogP contribution in [0.2, 0.25) is 0 Å². The molecule has 2 rings (SSSR count). The van der Waals surface area contributed by atoms with Crippen LogP contribution in [0.4, 0.5) is 4.39 Å². The summed E-state index contributed by atoms with van der Waals surface area (Å²) in [6.45, 7) is 4.45. The van der Waals surface area contributed by atoms with E-state index in [0.29, 0.717) is 18.8 Å². The van der Waals surface area contributed by atoms with Gasteiger partial charge in [0.05, 0.1) is 24.7 Å². The van der Waals surface area contributed by atoms with Crippen LogP contribution < -0.4 is 5.32 Å². The Kier molecular flexibility index (Phi) is 3.78. The van der Waals surface area contributed by atoms with Gasteiger partial charge in [0.15, 0.2) is 5.78 Å². The summed E-state index contributed by atoms with van der Waals surface area (Å²) in [4.78, 5) is 12.4. The van der Waals surface area contributed by atoms with Gasteiger partial charge in [0.25, 0.3) is 0 Å². The van der Waals surface area contributed by atoms with E-state index in [-0.39, 0.29) is 23.3 Å². The maximum absolute atomic E-state index is 14.0. The summed E-state index contributed by atoms with van der Waals surface area (Å²) >= 11 is 0. The summed E-state index contributed by atoms with van der Waals surface area (Å²) in [6, 6.07) is 3.21. The average Bonchev–Trinajstić information content (AvgIpc) is 2.75. The molecule has 1 heterocycles. The minimum absolute atomic E-state index is 0.0300. The second kappa shape index (κ2) is 5.16. The van der Waals surface area contributed by atoms with Crippen molar-refractivity contribution >= 4 is 5.78 Å². The molecule has 0 aliphatic carbocycles. The molecule has 1 aliphatic rings. The number of aryl methyl sites for hydroxylation is 2. The number of benzene rings is 1. The molecule has 1 aliphatic heterocycles. The third-order valence-corrected chi connectivity index (χ3v) is 3.47. The van der Waals surface area contributed by atoms with E-state index in [0.717, 1.165) is 5.56 Å². The molecule has 0 saturated carbocycles. The van der Waals surface area contributed by atoms with Crippen molar-refractivity contribution in [3.63, 3.8) is 0 Å². The Hall–Kier alpha value is -1.26. The van der Waals surface area contributed by atoms with Gasteiger partial charge < -0.3 is 10.1 Å². The monoisotopic (exact) mass is 251 g/mol. The van der Waals surface area contributed by atoms with Gasteiger partial charge in [-0.25, -0.2) is 4.39 Å². The predicted octanol–water partition coefficient (Wildman–Crippen LogP) is 1.86. The van der Waals surface area contributed by atoms with Gasteiger partial charge in [-0.05, 0) is 38.1 Å². The molecule has 0 radical (unpaired) electrons. The molecular formula is C14H18FNO2. The normalized spacial score (nSPS) is 23.3. The zero-order valence-corrected chi connectivity index (χ0v) is 10.9. The lowest BCUT2D eigenvalue weighted by molar-refractivity contribution is 0.0887. The minimum Gasteiger partial charge on any atom is -0.379 e. The molecular weight excluding hydrogens is 233 g/mol. The molecule has 1 saturated heterocycles. The number of hydrogen-bond donors (Lipinski definition) is 1. The van der Waals surface area contributed by atoms with Crippen molar-refractivity contribution in [1.29, 1.82) is 0 Å². The summed E-state index contributed by atoms with van der Waals surface area (Å²) in [5, 5.41) is 3.05. The smallest absolute Gasteiger partial charge is 0.173 e. The van der Waals surface area contributed by atoms with Gasteiger partial charge in [-0.15, -0.1) is 0 Å². The molecule has 0 bridgehead atoms. The zero-order chi connectivity index (χ0) is 13.3. The molecule has 0 amide bonds. The van der Waals surface area contributed by atoms with Gasteiger partial charge >= 0.3 is 0 Å². The Morgan fingerprint density at radius 1 is 1.39 bits per heavy atom. The first-order valence-corrected chi connectivity index (χ1v) is 6.10. The molecule has 2 atom stereocenters. The van der Waals surface area contributed by atoms with Crippen molar-refractivity contribution in [1.82, 2.24) is 5.32 Å². The summed E-state index contributed by atoms with van der Waals surface area (Å²) in [7, 11) is 1.79. The second-order valence-electron chi connectivity index (χ2n) is 4.84. The molecule has 1 fully saturated rings. The van der Waals surface area contributed by atoms with Crippen LogP contribution in [-0.4, -0.2) is 32.1 Å². The molecule has 0 spiro atoms. The standard InChI is InChI=1S/C14H18FNO2/c1-8-4-9(2)13(11(15)5-8)14(17)10-6-18-7-12(10)16-3/h4-5,10,12,16H,6-7H2,1-3H3. The van der Waals surface area contributed by atoms with Crippen LogP contribution in [0.1, 0.15) is 21.5 Å². The van der Waals surface area contributed by atoms with Crippen LogP contribution in [0, 0.1) is 25.6 Å². The van der Waals surface area contributed by atoms with Crippen LogP contribution in [0.5, 0.6) is 0 Å². The van der Waals surface area contributed by atoms with Crippen molar-refractivity contribution < 1.29 is 13.9 Å². The van der Waals surface area contributed by atoms with Crippen LogP contribution in [0.3, 0.4) is 0 Å². The fraction of sp³-hybridized carbons (Fsp3) is 0.500. The number of likely N-dealkylation sites (N-methyl/N-ethyl adjacent to an activating group) is 1. The molecule has 1 aromatic rings. The van der Waals surface area contributed by atoms with Crippen LogP contribution in [-0.2, 0) is 4.74 Å². The quantitative estimate of drug-likeness (QED) is 0.833. The van der Waals surface area contributed by atoms with Crippen molar-refractivity contribution in [2.45, 2.75) is 19.9 Å². The lowest BCUT2D eigenvalue weighted by atomic mass is 9.90. The number of rotatable bonds is 3. The number of ether oxygens (including phenoxy) is 1. The Labute approximate surface area is 106 Å². The number of ketones is 1. The first-order chi connectivity index (χ1) is 8.54. The van der Waals surface area contributed by atoms with E-state index < -0.39 is 5.82 Å². The van der Waals surface area contributed by atoms with E-state index >= 15 is 0 Å². The number of halogens is 1. The zero-order valence-electron chi connectivity index (χ0n) is 10.9. The Morgan fingerprint density at radius 2 is 2.11 bits per heavy atom. The highest BCUT2D eigenvalue weighted by Gasteiger charge is 2.35. The molecule has 98 valence electrons. The topological polar surface area (TPSA) is 38.3 Å². The van der Waals surface area contributed by atoms with Gasteiger partial charge in [-0.2, -0.15) is 0 Å². The van der Waals surface area contributed by atoms with Gasteiger partial charge in [0, 0.05) is 6.04 Å². The fourth-order valence-corrected chi connectivity index (χ4v) is 2.51. The highest BCUT2D eigenvalue weighted by molar-refractivity contribution is 6.00. The molecule has 4 heteroatoms. The minimum atomic E-state index is -0.431.